The summed E-state index contributed by atoms with van der Waals surface area (Å²) in [4.78, 5) is 15.0. The molecule has 1 fully saturated rings. The highest BCUT2D eigenvalue weighted by atomic mass is 32.2. The summed E-state index contributed by atoms with van der Waals surface area (Å²) in [5.74, 6) is 0. The Morgan fingerprint density at radius 1 is 1.40 bits per heavy atom. The molecule has 0 unspecified atom stereocenters. The van der Waals surface area contributed by atoms with Gasteiger partial charge in [-0.25, -0.2) is 9.79 Å². The van der Waals surface area contributed by atoms with Gasteiger partial charge in [0.2, 0.25) is 6.08 Å². The maximum absolute atomic E-state index is 10.1. The van der Waals surface area contributed by atoms with Crippen molar-refractivity contribution in [1.82, 2.24) is 0 Å². The lowest BCUT2D eigenvalue weighted by atomic mass is 10.00. The number of thioether (sulfide) groups is 1. The third-order valence-corrected chi connectivity index (χ3v) is 4.09. The summed E-state index contributed by atoms with van der Waals surface area (Å²) in [5, 5.41) is 0.770. The van der Waals surface area contributed by atoms with Crippen molar-refractivity contribution in [2.45, 2.75) is 36.0 Å². The molecule has 1 aliphatic rings. The van der Waals surface area contributed by atoms with Crippen molar-refractivity contribution in [3.05, 3.63) is 29.8 Å². The summed E-state index contributed by atoms with van der Waals surface area (Å²) in [6.45, 7) is 0.458. The van der Waals surface area contributed by atoms with Gasteiger partial charge in [-0.3, -0.25) is 0 Å². The third kappa shape index (κ3) is 2.71. The van der Waals surface area contributed by atoms with Crippen LogP contribution < -0.4 is 0 Å². The van der Waals surface area contributed by atoms with E-state index in [1.165, 1.54) is 24.2 Å². The Kier molecular flexibility index (Phi) is 3.59. The smallest absolute Gasteiger partial charge is 0.211 e. The van der Waals surface area contributed by atoms with E-state index in [1.54, 1.807) is 6.08 Å². The fourth-order valence-electron chi connectivity index (χ4n) is 1.54. The molecule has 2 nitrogen and oxygen atoms in total. The van der Waals surface area contributed by atoms with E-state index in [-0.39, 0.29) is 0 Å². The predicted molar refractivity (Wildman–Crippen MR) is 61.8 cm³/mol. The van der Waals surface area contributed by atoms with Crippen LogP contribution in [0.1, 0.15) is 24.8 Å². The van der Waals surface area contributed by atoms with E-state index in [0.29, 0.717) is 6.54 Å². The van der Waals surface area contributed by atoms with E-state index in [4.69, 9.17) is 0 Å². The molecule has 0 aromatic heterocycles. The van der Waals surface area contributed by atoms with Crippen LogP contribution in [0.2, 0.25) is 0 Å². The lowest BCUT2D eigenvalue weighted by molar-refractivity contribution is 0.522. The van der Waals surface area contributed by atoms with E-state index in [0.717, 1.165) is 10.8 Å². The Labute approximate surface area is 93.8 Å². The first-order chi connectivity index (χ1) is 7.40. The van der Waals surface area contributed by atoms with Crippen LogP contribution in [0.4, 0.5) is 0 Å². The van der Waals surface area contributed by atoms with Gasteiger partial charge in [-0.05, 0) is 24.5 Å². The molecule has 1 saturated carbocycles. The van der Waals surface area contributed by atoms with Gasteiger partial charge in [-0.1, -0.05) is 24.6 Å². The molecule has 0 amide bonds. The minimum absolute atomic E-state index is 0.458. The molecule has 0 bridgehead atoms. The van der Waals surface area contributed by atoms with E-state index in [2.05, 4.69) is 11.1 Å². The lowest BCUT2D eigenvalue weighted by Crippen LogP contribution is -2.13. The molecule has 1 aliphatic carbocycles. The summed E-state index contributed by atoms with van der Waals surface area (Å²) in [6, 6.07) is 8.16. The zero-order chi connectivity index (χ0) is 10.5. The number of aliphatic imine (C=N–C) groups is 1. The molecule has 0 radical (unpaired) electrons. The van der Waals surface area contributed by atoms with Crippen molar-refractivity contribution in [1.29, 1.82) is 0 Å². The van der Waals surface area contributed by atoms with Crippen molar-refractivity contribution in [3.63, 3.8) is 0 Å². The minimum Gasteiger partial charge on any atom is -0.211 e. The highest BCUT2D eigenvalue weighted by Crippen LogP contribution is 2.37. The fourth-order valence-corrected chi connectivity index (χ4v) is 2.90. The quantitative estimate of drug-likeness (QED) is 0.575. The minimum atomic E-state index is 0.458. The van der Waals surface area contributed by atoms with Gasteiger partial charge in [0, 0.05) is 10.1 Å². The molecule has 0 saturated heterocycles. The Bertz CT molecular complexity index is 381. The molecule has 78 valence electrons. The van der Waals surface area contributed by atoms with Crippen LogP contribution in [0.5, 0.6) is 0 Å². The van der Waals surface area contributed by atoms with Gasteiger partial charge in [0.1, 0.15) is 0 Å². The molecule has 0 atom stereocenters. The van der Waals surface area contributed by atoms with Gasteiger partial charge in [0.15, 0.2) is 0 Å². The van der Waals surface area contributed by atoms with Crippen molar-refractivity contribution >= 4 is 17.8 Å². The molecular weight excluding hydrogens is 206 g/mol. The van der Waals surface area contributed by atoms with Gasteiger partial charge >= 0.3 is 0 Å². The third-order valence-electron chi connectivity index (χ3n) is 2.63. The van der Waals surface area contributed by atoms with Gasteiger partial charge in [-0.2, -0.15) is 0 Å². The van der Waals surface area contributed by atoms with Crippen molar-refractivity contribution < 1.29 is 4.79 Å². The van der Waals surface area contributed by atoms with Gasteiger partial charge in [0.05, 0.1) is 6.54 Å². The fraction of sp³-hybridized carbons (Fsp3) is 0.417. The Morgan fingerprint density at radius 3 is 2.87 bits per heavy atom. The number of rotatable bonds is 4. The number of nitrogens with zero attached hydrogens (tertiary/aromatic N) is 1. The van der Waals surface area contributed by atoms with Crippen molar-refractivity contribution in [2.75, 3.05) is 0 Å². The maximum atomic E-state index is 10.1. The Morgan fingerprint density at radius 2 is 2.20 bits per heavy atom. The van der Waals surface area contributed by atoms with Gasteiger partial charge < -0.3 is 0 Å². The van der Waals surface area contributed by atoms with Crippen LogP contribution in [0.25, 0.3) is 0 Å². The van der Waals surface area contributed by atoms with Crippen LogP contribution in [0.15, 0.2) is 34.2 Å². The SMILES string of the molecule is O=C=NCc1ccccc1SC1CCC1. The molecule has 0 heterocycles. The normalized spacial score (nSPS) is 15.5. The summed E-state index contributed by atoms with van der Waals surface area (Å²) in [6.07, 6.45) is 5.57. The Hall–Kier alpha value is -1.05. The lowest BCUT2D eigenvalue weighted by Gasteiger charge is -2.25. The van der Waals surface area contributed by atoms with Crippen molar-refractivity contribution in [3.8, 4) is 0 Å². The van der Waals surface area contributed by atoms with Crippen LogP contribution in [0.3, 0.4) is 0 Å². The monoisotopic (exact) mass is 219 g/mol. The number of carbonyl (C=O) groups excluding carboxylic acids is 1. The molecule has 0 aliphatic heterocycles. The van der Waals surface area contributed by atoms with Crippen LogP contribution >= 0.6 is 11.8 Å². The first-order valence-electron chi connectivity index (χ1n) is 5.18. The summed E-state index contributed by atoms with van der Waals surface area (Å²) in [7, 11) is 0. The second-order valence-corrected chi connectivity index (χ2v) is 5.03. The maximum Gasteiger partial charge on any atom is 0.235 e. The van der Waals surface area contributed by atoms with E-state index in [1.807, 2.05) is 30.0 Å². The molecule has 15 heavy (non-hydrogen) atoms. The highest BCUT2D eigenvalue weighted by molar-refractivity contribution is 8.00. The topological polar surface area (TPSA) is 29.4 Å². The molecule has 3 heteroatoms. The highest BCUT2D eigenvalue weighted by Gasteiger charge is 2.19. The second kappa shape index (κ2) is 5.15. The molecule has 0 N–H and O–H groups in total. The Balaban J connectivity index is 2.09. The molecule has 1 aromatic rings. The number of isocyanates is 1. The average Bonchev–Trinajstić information content (AvgIpc) is 2.22. The summed E-state index contributed by atoms with van der Waals surface area (Å²) >= 11 is 1.92. The van der Waals surface area contributed by atoms with Gasteiger partial charge in [0.25, 0.3) is 0 Å². The first-order valence-corrected chi connectivity index (χ1v) is 6.06. The predicted octanol–water partition coefficient (Wildman–Crippen LogP) is 3.17. The summed E-state index contributed by atoms with van der Waals surface area (Å²) in [5.41, 5.74) is 1.14. The number of benzene rings is 1. The average molecular weight is 219 g/mol. The zero-order valence-electron chi connectivity index (χ0n) is 8.48. The largest absolute Gasteiger partial charge is 0.235 e. The first kappa shape index (κ1) is 10.5. The molecular formula is C12H13NOS. The van der Waals surface area contributed by atoms with Crippen molar-refractivity contribution in [2.24, 2.45) is 4.99 Å². The van der Waals surface area contributed by atoms with E-state index >= 15 is 0 Å². The second-order valence-electron chi connectivity index (χ2n) is 3.69. The van der Waals surface area contributed by atoms with Crippen LogP contribution in [-0.4, -0.2) is 11.3 Å². The molecule has 1 aromatic carbocycles. The summed E-state index contributed by atoms with van der Waals surface area (Å²) < 4.78 is 0. The molecule has 2 rings (SSSR count). The van der Waals surface area contributed by atoms with E-state index in [9.17, 15) is 4.79 Å². The van der Waals surface area contributed by atoms with Crippen LogP contribution in [0, 0.1) is 0 Å². The van der Waals surface area contributed by atoms with Crippen LogP contribution in [-0.2, 0) is 11.3 Å². The standard InChI is InChI=1S/C12H13NOS/c14-9-13-8-10-4-1-2-7-12(10)15-11-5-3-6-11/h1-2,4,7,11H,3,5-6,8H2. The zero-order valence-corrected chi connectivity index (χ0v) is 9.30. The molecule has 0 spiro atoms. The van der Waals surface area contributed by atoms with Gasteiger partial charge in [-0.15, -0.1) is 11.8 Å². The van der Waals surface area contributed by atoms with E-state index < -0.39 is 0 Å². The number of hydrogen-bond acceptors (Lipinski definition) is 3. The number of hydrogen-bond donors (Lipinski definition) is 0.